The summed E-state index contributed by atoms with van der Waals surface area (Å²) >= 11 is 0. The zero-order chi connectivity index (χ0) is 13.1. The van der Waals surface area contributed by atoms with E-state index in [2.05, 4.69) is 23.5 Å². The second-order valence-electron chi connectivity index (χ2n) is 5.30. The number of fused-ring (bicyclic) bond motifs is 1. The van der Waals surface area contributed by atoms with Crippen LogP contribution in [0.15, 0.2) is 24.3 Å². The van der Waals surface area contributed by atoms with Gasteiger partial charge in [0, 0.05) is 19.7 Å². The summed E-state index contributed by atoms with van der Waals surface area (Å²) in [6.07, 6.45) is 3.02. The molecule has 2 amide bonds. The van der Waals surface area contributed by atoms with Crippen LogP contribution in [0.1, 0.15) is 24.0 Å². The standard InChI is InChI=1S/C15H20N2O2/c18-15(16-14-7-9-19-11-14)17-8-3-6-12-4-1-2-5-13(12)10-17/h1-2,4-5,14H,3,6-11H2,(H,16,18). The SMILES string of the molecule is O=C(NC1CCOC1)N1CCCc2ccccc2C1. The van der Waals surface area contributed by atoms with Gasteiger partial charge < -0.3 is 15.0 Å². The summed E-state index contributed by atoms with van der Waals surface area (Å²) in [4.78, 5) is 14.2. The molecule has 1 N–H and O–H groups in total. The minimum atomic E-state index is 0.0483. The van der Waals surface area contributed by atoms with E-state index in [0.29, 0.717) is 6.61 Å². The Morgan fingerprint density at radius 1 is 1.32 bits per heavy atom. The van der Waals surface area contributed by atoms with Gasteiger partial charge in [-0.15, -0.1) is 0 Å². The third kappa shape index (κ3) is 2.89. The van der Waals surface area contributed by atoms with E-state index in [-0.39, 0.29) is 12.1 Å². The Morgan fingerprint density at radius 3 is 2.95 bits per heavy atom. The van der Waals surface area contributed by atoms with Gasteiger partial charge in [-0.3, -0.25) is 0 Å². The number of rotatable bonds is 1. The molecule has 3 rings (SSSR count). The van der Waals surface area contributed by atoms with Gasteiger partial charge in [0.05, 0.1) is 12.6 Å². The van der Waals surface area contributed by atoms with Crippen molar-refractivity contribution in [1.82, 2.24) is 10.2 Å². The van der Waals surface area contributed by atoms with Crippen molar-refractivity contribution in [3.8, 4) is 0 Å². The van der Waals surface area contributed by atoms with Crippen LogP contribution in [0.25, 0.3) is 0 Å². The molecule has 1 saturated heterocycles. The van der Waals surface area contributed by atoms with E-state index in [1.807, 2.05) is 11.0 Å². The molecule has 1 unspecified atom stereocenters. The maximum atomic E-state index is 12.3. The van der Waals surface area contributed by atoms with Gasteiger partial charge in [0.1, 0.15) is 0 Å². The molecule has 0 aliphatic carbocycles. The zero-order valence-electron chi connectivity index (χ0n) is 11.1. The highest BCUT2D eigenvalue weighted by atomic mass is 16.5. The van der Waals surface area contributed by atoms with Crippen molar-refractivity contribution < 1.29 is 9.53 Å². The topological polar surface area (TPSA) is 41.6 Å². The number of nitrogens with one attached hydrogen (secondary N) is 1. The average Bonchev–Trinajstić information content (AvgIpc) is 2.82. The molecule has 0 bridgehead atoms. The lowest BCUT2D eigenvalue weighted by atomic mass is 10.0. The molecular formula is C15H20N2O2. The smallest absolute Gasteiger partial charge is 0.317 e. The average molecular weight is 260 g/mol. The van der Waals surface area contributed by atoms with Crippen molar-refractivity contribution in [1.29, 1.82) is 0 Å². The van der Waals surface area contributed by atoms with E-state index in [1.54, 1.807) is 0 Å². The first-order valence-corrected chi connectivity index (χ1v) is 7.03. The molecule has 4 nitrogen and oxygen atoms in total. The third-order valence-corrected chi connectivity index (χ3v) is 3.90. The summed E-state index contributed by atoms with van der Waals surface area (Å²) in [6, 6.07) is 8.65. The molecule has 0 aromatic heterocycles. The molecule has 2 aliphatic heterocycles. The van der Waals surface area contributed by atoms with Gasteiger partial charge >= 0.3 is 6.03 Å². The van der Waals surface area contributed by atoms with E-state index in [9.17, 15) is 4.79 Å². The van der Waals surface area contributed by atoms with E-state index >= 15 is 0 Å². The molecule has 4 heteroatoms. The van der Waals surface area contributed by atoms with Gasteiger partial charge in [-0.2, -0.15) is 0 Å². The Labute approximate surface area is 113 Å². The van der Waals surface area contributed by atoms with Gasteiger partial charge in [0.25, 0.3) is 0 Å². The molecule has 19 heavy (non-hydrogen) atoms. The van der Waals surface area contributed by atoms with E-state index < -0.39 is 0 Å². The molecular weight excluding hydrogens is 240 g/mol. The maximum Gasteiger partial charge on any atom is 0.317 e. The predicted octanol–water partition coefficient (Wildman–Crippen LogP) is 1.93. The minimum Gasteiger partial charge on any atom is -0.379 e. The van der Waals surface area contributed by atoms with Crippen molar-refractivity contribution >= 4 is 6.03 Å². The quantitative estimate of drug-likeness (QED) is 0.838. The van der Waals surface area contributed by atoms with Crippen LogP contribution in [0.3, 0.4) is 0 Å². The Balaban J connectivity index is 1.66. The minimum absolute atomic E-state index is 0.0483. The second-order valence-corrected chi connectivity index (χ2v) is 5.30. The molecule has 2 aliphatic rings. The van der Waals surface area contributed by atoms with Crippen LogP contribution in [0, 0.1) is 0 Å². The summed E-state index contributed by atoms with van der Waals surface area (Å²) in [7, 11) is 0. The van der Waals surface area contributed by atoms with Crippen LogP contribution in [-0.2, 0) is 17.7 Å². The number of amides is 2. The predicted molar refractivity (Wildman–Crippen MR) is 72.9 cm³/mol. The lowest BCUT2D eigenvalue weighted by Crippen LogP contribution is -2.44. The highest BCUT2D eigenvalue weighted by Crippen LogP contribution is 2.18. The van der Waals surface area contributed by atoms with Crippen LogP contribution >= 0.6 is 0 Å². The Bertz CT molecular complexity index is 455. The number of hydrogen-bond acceptors (Lipinski definition) is 2. The van der Waals surface area contributed by atoms with Crippen molar-refractivity contribution in [3.63, 3.8) is 0 Å². The fourth-order valence-electron chi connectivity index (χ4n) is 2.79. The number of carbonyl (C=O) groups excluding carboxylic acids is 1. The van der Waals surface area contributed by atoms with Crippen LogP contribution in [-0.4, -0.2) is 36.7 Å². The zero-order valence-corrected chi connectivity index (χ0v) is 11.1. The van der Waals surface area contributed by atoms with Gasteiger partial charge in [-0.1, -0.05) is 24.3 Å². The Hall–Kier alpha value is -1.55. The van der Waals surface area contributed by atoms with Crippen molar-refractivity contribution in [2.75, 3.05) is 19.8 Å². The molecule has 0 saturated carbocycles. The van der Waals surface area contributed by atoms with Gasteiger partial charge in [-0.05, 0) is 30.4 Å². The van der Waals surface area contributed by atoms with Crippen molar-refractivity contribution in [3.05, 3.63) is 35.4 Å². The monoisotopic (exact) mass is 260 g/mol. The van der Waals surface area contributed by atoms with Gasteiger partial charge in [0.15, 0.2) is 0 Å². The molecule has 1 atom stereocenters. The Kier molecular flexibility index (Phi) is 3.69. The summed E-state index contributed by atoms with van der Waals surface area (Å²) in [6.45, 7) is 2.95. The molecule has 102 valence electrons. The maximum absolute atomic E-state index is 12.3. The molecule has 1 fully saturated rings. The Morgan fingerprint density at radius 2 is 2.16 bits per heavy atom. The molecule has 1 aromatic carbocycles. The number of nitrogens with zero attached hydrogens (tertiary/aromatic N) is 1. The van der Waals surface area contributed by atoms with Crippen molar-refractivity contribution in [2.24, 2.45) is 0 Å². The first kappa shape index (κ1) is 12.5. The lowest BCUT2D eigenvalue weighted by Gasteiger charge is -2.23. The summed E-state index contributed by atoms with van der Waals surface area (Å²) < 4.78 is 5.29. The van der Waals surface area contributed by atoms with E-state index in [4.69, 9.17) is 4.74 Å². The van der Waals surface area contributed by atoms with Crippen LogP contribution in [0.4, 0.5) is 4.79 Å². The van der Waals surface area contributed by atoms with Crippen LogP contribution < -0.4 is 5.32 Å². The van der Waals surface area contributed by atoms with E-state index in [0.717, 1.165) is 39.0 Å². The second kappa shape index (κ2) is 5.61. The number of hydrogen-bond donors (Lipinski definition) is 1. The first-order chi connectivity index (χ1) is 9.33. The van der Waals surface area contributed by atoms with Crippen LogP contribution in [0.2, 0.25) is 0 Å². The number of aryl methyl sites for hydroxylation is 1. The number of benzene rings is 1. The van der Waals surface area contributed by atoms with Crippen LogP contribution in [0.5, 0.6) is 0 Å². The number of urea groups is 1. The molecule has 1 aromatic rings. The highest BCUT2D eigenvalue weighted by molar-refractivity contribution is 5.74. The molecule has 2 heterocycles. The molecule has 0 spiro atoms. The number of ether oxygens (including phenoxy) is 1. The first-order valence-electron chi connectivity index (χ1n) is 7.03. The third-order valence-electron chi connectivity index (χ3n) is 3.90. The van der Waals surface area contributed by atoms with Gasteiger partial charge in [0.2, 0.25) is 0 Å². The summed E-state index contributed by atoms with van der Waals surface area (Å²) in [5, 5.41) is 3.07. The number of carbonyl (C=O) groups is 1. The largest absolute Gasteiger partial charge is 0.379 e. The normalized spacial score (nSPS) is 22.7. The van der Waals surface area contributed by atoms with E-state index in [1.165, 1.54) is 11.1 Å². The lowest BCUT2D eigenvalue weighted by molar-refractivity contribution is 0.177. The highest BCUT2D eigenvalue weighted by Gasteiger charge is 2.23. The fourth-order valence-corrected chi connectivity index (χ4v) is 2.79. The van der Waals surface area contributed by atoms with Gasteiger partial charge in [-0.25, -0.2) is 4.79 Å². The van der Waals surface area contributed by atoms with Crippen molar-refractivity contribution in [2.45, 2.75) is 31.8 Å². The fraction of sp³-hybridized carbons (Fsp3) is 0.533. The summed E-state index contributed by atoms with van der Waals surface area (Å²) in [5.74, 6) is 0. The molecule has 0 radical (unpaired) electrons. The summed E-state index contributed by atoms with van der Waals surface area (Å²) in [5.41, 5.74) is 2.65.